The van der Waals surface area contributed by atoms with Crippen molar-refractivity contribution >= 4 is 27.6 Å². The number of benzene rings is 2. The molecule has 3 N–H and O–H groups in total. The smallest absolute Gasteiger partial charge is 0.317 e. The van der Waals surface area contributed by atoms with Crippen LogP contribution in [0.15, 0.2) is 54.6 Å². The second-order valence-corrected chi connectivity index (χ2v) is 8.82. The number of sulfonamides is 1. The van der Waals surface area contributed by atoms with E-state index in [9.17, 15) is 18.0 Å². The average Bonchev–Trinajstić information content (AvgIpc) is 2.67. The number of hydrogen-bond acceptors (Lipinski definition) is 4. The summed E-state index contributed by atoms with van der Waals surface area (Å²) in [5, 5.41) is 5.55. The Kier molecular flexibility index (Phi) is 8.23. The van der Waals surface area contributed by atoms with Gasteiger partial charge in [-0.15, -0.1) is 0 Å². The molecule has 162 valence electrons. The van der Waals surface area contributed by atoms with Crippen LogP contribution >= 0.6 is 0 Å². The summed E-state index contributed by atoms with van der Waals surface area (Å²) in [4.78, 5) is 26.0. The number of nitrogens with one attached hydrogen (secondary N) is 3. The Morgan fingerprint density at radius 2 is 1.67 bits per heavy atom. The molecule has 0 aliphatic heterocycles. The van der Waals surface area contributed by atoms with Gasteiger partial charge >= 0.3 is 6.03 Å². The summed E-state index contributed by atoms with van der Waals surface area (Å²) in [6.07, 6.45) is 1.18. The normalized spacial score (nSPS) is 12.0. The van der Waals surface area contributed by atoms with Gasteiger partial charge in [0.15, 0.2) is 0 Å². The maximum absolute atomic E-state index is 12.3. The van der Waals surface area contributed by atoms with Crippen molar-refractivity contribution in [1.29, 1.82) is 0 Å². The van der Waals surface area contributed by atoms with Gasteiger partial charge in [-0.1, -0.05) is 48.5 Å². The molecule has 1 unspecified atom stereocenters. The summed E-state index contributed by atoms with van der Waals surface area (Å²) in [7, 11) is -1.74. The molecule has 0 saturated heterocycles. The molecule has 9 heteroatoms. The van der Waals surface area contributed by atoms with Gasteiger partial charge in [-0.05, 0) is 24.1 Å². The molecule has 2 aromatic rings. The van der Waals surface area contributed by atoms with Crippen molar-refractivity contribution < 1.29 is 18.0 Å². The van der Waals surface area contributed by atoms with Gasteiger partial charge in [0.2, 0.25) is 15.9 Å². The molecule has 0 aromatic heterocycles. The van der Waals surface area contributed by atoms with E-state index >= 15 is 0 Å². The molecule has 0 fully saturated rings. The molecule has 2 aromatic carbocycles. The number of anilines is 1. The Balaban J connectivity index is 1.81. The molecule has 0 spiro atoms. The molecule has 30 heavy (non-hydrogen) atoms. The fraction of sp³-hybridized carbons (Fsp3) is 0.333. The van der Waals surface area contributed by atoms with Gasteiger partial charge < -0.3 is 15.5 Å². The SMILES string of the molecule is CC(NC(=O)CCNC(=O)N(C)Cc1ccccc1)c1ccccc1NS(C)(=O)=O. The lowest BCUT2D eigenvalue weighted by Gasteiger charge is -2.19. The number of nitrogens with zero attached hydrogens (tertiary/aromatic N) is 1. The lowest BCUT2D eigenvalue weighted by atomic mass is 10.1. The minimum Gasteiger partial charge on any atom is -0.349 e. The number of hydrogen-bond donors (Lipinski definition) is 3. The van der Waals surface area contributed by atoms with E-state index in [1.54, 1.807) is 43.1 Å². The summed E-state index contributed by atoms with van der Waals surface area (Å²) in [6, 6.07) is 15.8. The topological polar surface area (TPSA) is 108 Å². The molecule has 8 nitrogen and oxygen atoms in total. The summed E-state index contributed by atoms with van der Waals surface area (Å²) < 4.78 is 25.5. The van der Waals surface area contributed by atoms with Crippen LogP contribution in [0.25, 0.3) is 0 Å². The number of amides is 3. The second-order valence-electron chi connectivity index (χ2n) is 7.07. The van der Waals surface area contributed by atoms with E-state index in [1.165, 1.54) is 0 Å². The third-order valence-corrected chi connectivity index (χ3v) is 4.93. The molecular weight excluding hydrogens is 404 g/mol. The van der Waals surface area contributed by atoms with E-state index < -0.39 is 16.1 Å². The van der Waals surface area contributed by atoms with Crippen molar-refractivity contribution in [2.45, 2.75) is 25.9 Å². The molecule has 0 radical (unpaired) electrons. The Morgan fingerprint density at radius 1 is 1.03 bits per heavy atom. The van der Waals surface area contributed by atoms with Crippen molar-refractivity contribution in [2.24, 2.45) is 0 Å². The number of para-hydroxylation sites is 1. The van der Waals surface area contributed by atoms with Crippen LogP contribution in [0.4, 0.5) is 10.5 Å². The van der Waals surface area contributed by atoms with Crippen LogP contribution in [0, 0.1) is 0 Å². The van der Waals surface area contributed by atoms with Crippen LogP contribution < -0.4 is 15.4 Å². The third-order valence-electron chi connectivity index (χ3n) is 4.34. The first-order valence-electron chi connectivity index (χ1n) is 9.54. The maximum Gasteiger partial charge on any atom is 0.317 e. The molecule has 0 aliphatic carbocycles. The Morgan fingerprint density at radius 3 is 2.33 bits per heavy atom. The quantitative estimate of drug-likeness (QED) is 0.566. The van der Waals surface area contributed by atoms with Crippen molar-refractivity contribution in [3.8, 4) is 0 Å². The molecule has 2 rings (SSSR count). The minimum absolute atomic E-state index is 0.108. The molecule has 0 heterocycles. The standard InChI is InChI=1S/C21H28N4O4S/c1-16(18-11-7-8-12-19(18)24-30(3,28)29)23-20(26)13-14-22-21(27)25(2)15-17-9-5-4-6-10-17/h4-12,16,24H,13-15H2,1-3H3,(H,22,27)(H,23,26). The van der Waals surface area contributed by atoms with Crippen LogP contribution in [0.5, 0.6) is 0 Å². The second kappa shape index (κ2) is 10.6. The number of carbonyl (C=O) groups is 2. The maximum atomic E-state index is 12.3. The predicted octanol–water partition coefficient (Wildman–Crippen LogP) is 2.47. The van der Waals surface area contributed by atoms with E-state index in [1.807, 2.05) is 30.3 Å². The highest BCUT2D eigenvalue weighted by molar-refractivity contribution is 7.92. The summed E-state index contributed by atoms with van der Waals surface area (Å²) >= 11 is 0. The molecule has 3 amide bonds. The van der Waals surface area contributed by atoms with E-state index in [0.717, 1.165) is 11.8 Å². The molecule has 1 atom stereocenters. The fourth-order valence-corrected chi connectivity index (χ4v) is 3.49. The predicted molar refractivity (Wildman–Crippen MR) is 117 cm³/mol. The Bertz CT molecular complexity index is 964. The van der Waals surface area contributed by atoms with Crippen molar-refractivity contribution in [3.63, 3.8) is 0 Å². The number of urea groups is 1. The molecular formula is C21H28N4O4S. The van der Waals surface area contributed by atoms with Gasteiger partial charge in [0.25, 0.3) is 0 Å². The average molecular weight is 433 g/mol. The van der Waals surface area contributed by atoms with Gasteiger partial charge in [-0.3, -0.25) is 9.52 Å². The lowest BCUT2D eigenvalue weighted by Crippen LogP contribution is -2.39. The van der Waals surface area contributed by atoms with E-state index in [-0.39, 0.29) is 24.9 Å². The first-order chi connectivity index (χ1) is 14.2. The number of rotatable bonds is 9. The van der Waals surface area contributed by atoms with Crippen molar-refractivity contribution in [3.05, 3.63) is 65.7 Å². The van der Waals surface area contributed by atoms with E-state index in [2.05, 4.69) is 15.4 Å². The Hall–Kier alpha value is -3.07. The highest BCUT2D eigenvalue weighted by Crippen LogP contribution is 2.23. The minimum atomic E-state index is -3.43. The van der Waals surface area contributed by atoms with Crippen LogP contribution in [0.2, 0.25) is 0 Å². The number of carbonyl (C=O) groups excluding carboxylic acids is 2. The molecule has 0 aliphatic rings. The zero-order valence-electron chi connectivity index (χ0n) is 17.4. The monoisotopic (exact) mass is 432 g/mol. The first-order valence-corrected chi connectivity index (χ1v) is 11.4. The highest BCUT2D eigenvalue weighted by atomic mass is 32.2. The first kappa shape index (κ1) is 23.2. The van der Waals surface area contributed by atoms with Crippen LogP contribution in [0.1, 0.15) is 30.5 Å². The van der Waals surface area contributed by atoms with Gasteiger partial charge in [0, 0.05) is 26.6 Å². The van der Waals surface area contributed by atoms with Gasteiger partial charge in [-0.2, -0.15) is 0 Å². The molecule has 0 bridgehead atoms. The lowest BCUT2D eigenvalue weighted by molar-refractivity contribution is -0.121. The zero-order valence-corrected chi connectivity index (χ0v) is 18.2. The Labute approximate surface area is 177 Å². The van der Waals surface area contributed by atoms with Crippen molar-refractivity contribution in [1.82, 2.24) is 15.5 Å². The van der Waals surface area contributed by atoms with E-state index in [4.69, 9.17) is 0 Å². The summed E-state index contributed by atoms with van der Waals surface area (Å²) in [5.41, 5.74) is 2.09. The van der Waals surface area contributed by atoms with Crippen molar-refractivity contribution in [2.75, 3.05) is 24.6 Å². The molecule has 0 saturated carbocycles. The largest absolute Gasteiger partial charge is 0.349 e. The van der Waals surface area contributed by atoms with Gasteiger partial charge in [0.05, 0.1) is 18.0 Å². The highest BCUT2D eigenvalue weighted by Gasteiger charge is 2.15. The fourth-order valence-electron chi connectivity index (χ4n) is 2.91. The van der Waals surface area contributed by atoms with Gasteiger partial charge in [0.1, 0.15) is 0 Å². The summed E-state index contributed by atoms with van der Waals surface area (Å²) in [5.74, 6) is -0.248. The van der Waals surface area contributed by atoms with Crippen LogP contribution in [-0.2, 0) is 21.4 Å². The van der Waals surface area contributed by atoms with E-state index in [0.29, 0.717) is 17.8 Å². The van der Waals surface area contributed by atoms with Crippen LogP contribution in [0.3, 0.4) is 0 Å². The zero-order chi connectivity index (χ0) is 22.1. The van der Waals surface area contributed by atoms with Gasteiger partial charge in [-0.25, -0.2) is 13.2 Å². The third kappa shape index (κ3) is 7.75. The summed E-state index contributed by atoms with van der Waals surface area (Å²) in [6.45, 7) is 2.44. The van der Waals surface area contributed by atoms with Crippen LogP contribution in [-0.4, -0.2) is 45.1 Å².